The SMILES string of the molecule is Cc1nn(CC(=O)Nc2ccc(Cl)c(Cl)c2)c2nc(C3CC3)cc(C(F)(F)F)c12. The summed E-state index contributed by atoms with van der Waals surface area (Å²) in [6, 6.07) is 5.70. The van der Waals surface area contributed by atoms with E-state index in [1.807, 2.05) is 0 Å². The number of nitrogens with one attached hydrogen (secondary N) is 1. The number of aromatic nitrogens is 3. The summed E-state index contributed by atoms with van der Waals surface area (Å²) in [6.07, 6.45) is -2.92. The van der Waals surface area contributed by atoms with E-state index >= 15 is 0 Å². The van der Waals surface area contributed by atoms with Crippen LogP contribution in [0.2, 0.25) is 10.0 Å². The molecule has 1 amide bonds. The van der Waals surface area contributed by atoms with Gasteiger partial charge >= 0.3 is 6.18 Å². The fourth-order valence-corrected chi connectivity index (χ4v) is 3.50. The van der Waals surface area contributed by atoms with E-state index in [9.17, 15) is 18.0 Å². The number of carbonyl (C=O) groups is 1. The summed E-state index contributed by atoms with van der Waals surface area (Å²) in [7, 11) is 0. The summed E-state index contributed by atoms with van der Waals surface area (Å²) in [5, 5.41) is 7.31. The zero-order chi connectivity index (χ0) is 20.9. The van der Waals surface area contributed by atoms with Crippen LogP contribution in [0.25, 0.3) is 11.0 Å². The van der Waals surface area contributed by atoms with Crippen molar-refractivity contribution < 1.29 is 18.0 Å². The Balaban J connectivity index is 1.69. The zero-order valence-corrected chi connectivity index (χ0v) is 16.7. The van der Waals surface area contributed by atoms with Crippen LogP contribution in [0.15, 0.2) is 24.3 Å². The van der Waals surface area contributed by atoms with E-state index in [0.29, 0.717) is 16.4 Å². The average molecular weight is 443 g/mol. The first kappa shape index (κ1) is 20.0. The lowest BCUT2D eigenvalue weighted by Gasteiger charge is -2.11. The molecule has 2 aromatic heterocycles. The van der Waals surface area contributed by atoms with E-state index in [1.54, 1.807) is 6.07 Å². The summed E-state index contributed by atoms with van der Waals surface area (Å²) in [5.41, 5.74) is 0.266. The number of alkyl halides is 3. The Kier molecular flexibility index (Phi) is 4.94. The standard InChI is InChI=1S/C19H15Cl2F3N4O/c1-9-17-12(19(22,23)24)7-15(10-2-3-10)26-18(17)28(27-9)8-16(29)25-11-4-5-13(20)14(21)6-11/h4-7,10H,2-3,8H2,1H3,(H,25,29). The largest absolute Gasteiger partial charge is 0.417 e. The Labute approximate surface area is 173 Å². The Bertz CT molecular complexity index is 1120. The van der Waals surface area contributed by atoms with Gasteiger partial charge in [0.15, 0.2) is 5.65 Å². The number of amides is 1. The number of pyridine rings is 1. The molecule has 3 aromatic rings. The second kappa shape index (κ2) is 7.18. The predicted molar refractivity (Wildman–Crippen MR) is 104 cm³/mol. The van der Waals surface area contributed by atoms with Gasteiger partial charge in [-0.1, -0.05) is 23.2 Å². The van der Waals surface area contributed by atoms with E-state index in [2.05, 4.69) is 15.4 Å². The molecule has 0 bridgehead atoms. The lowest BCUT2D eigenvalue weighted by Crippen LogP contribution is -2.20. The van der Waals surface area contributed by atoms with Crippen molar-refractivity contribution in [3.8, 4) is 0 Å². The minimum atomic E-state index is -4.54. The number of halogens is 5. The summed E-state index contributed by atoms with van der Waals surface area (Å²) in [5.74, 6) is -0.450. The molecule has 0 spiro atoms. The molecule has 1 N–H and O–H groups in total. The van der Waals surface area contributed by atoms with Crippen LogP contribution in [0.5, 0.6) is 0 Å². The third-order valence-corrected chi connectivity index (χ3v) is 5.43. The van der Waals surface area contributed by atoms with Crippen molar-refractivity contribution in [2.75, 3.05) is 5.32 Å². The van der Waals surface area contributed by atoms with Crippen molar-refractivity contribution in [2.45, 2.75) is 38.4 Å². The number of nitrogens with zero attached hydrogens (tertiary/aromatic N) is 3. The lowest BCUT2D eigenvalue weighted by atomic mass is 10.1. The maximum atomic E-state index is 13.6. The van der Waals surface area contributed by atoms with E-state index in [-0.39, 0.29) is 34.2 Å². The zero-order valence-electron chi connectivity index (χ0n) is 15.1. The first-order valence-electron chi connectivity index (χ1n) is 8.83. The van der Waals surface area contributed by atoms with Gasteiger partial charge in [0.25, 0.3) is 0 Å². The summed E-state index contributed by atoms with van der Waals surface area (Å²) >= 11 is 11.8. The van der Waals surface area contributed by atoms with Gasteiger partial charge in [0, 0.05) is 17.3 Å². The van der Waals surface area contributed by atoms with E-state index in [0.717, 1.165) is 18.9 Å². The predicted octanol–water partition coefficient (Wildman–Crippen LogP) is 5.58. The maximum Gasteiger partial charge on any atom is 0.417 e. The second-order valence-corrected chi connectivity index (χ2v) is 7.80. The van der Waals surface area contributed by atoms with E-state index in [1.165, 1.54) is 23.7 Å². The van der Waals surface area contributed by atoms with Gasteiger partial charge in [0.1, 0.15) is 6.54 Å². The molecule has 0 aliphatic heterocycles. The number of rotatable bonds is 4. The molecule has 29 heavy (non-hydrogen) atoms. The van der Waals surface area contributed by atoms with Crippen LogP contribution in [0.1, 0.15) is 35.7 Å². The maximum absolute atomic E-state index is 13.6. The minimum absolute atomic E-state index is 0.0224. The highest BCUT2D eigenvalue weighted by atomic mass is 35.5. The molecule has 4 rings (SSSR count). The van der Waals surface area contributed by atoms with Gasteiger partial charge in [-0.15, -0.1) is 0 Å². The smallest absolute Gasteiger partial charge is 0.324 e. The topological polar surface area (TPSA) is 59.8 Å². The average Bonchev–Trinajstić information content (AvgIpc) is 3.43. The lowest BCUT2D eigenvalue weighted by molar-refractivity contribution is -0.136. The quantitative estimate of drug-likeness (QED) is 0.573. The summed E-state index contributed by atoms with van der Waals surface area (Å²) in [6.45, 7) is 1.19. The van der Waals surface area contributed by atoms with E-state index in [4.69, 9.17) is 23.2 Å². The molecule has 0 saturated heterocycles. The van der Waals surface area contributed by atoms with Crippen LogP contribution in [0.3, 0.4) is 0 Å². The number of hydrogen-bond acceptors (Lipinski definition) is 3. The molecule has 1 saturated carbocycles. The summed E-state index contributed by atoms with van der Waals surface area (Å²) in [4.78, 5) is 16.8. The van der Waals surface area contributed by atoms with Gasteiger partial charge in [-0.25, -0.2) is 9.67 Å². The van der Waals surface area contributed by atoms with Crippen molar-refractivity contribution in [1.82, 2.24) is 14.8 Å². The van der Waals surface area contributed by atoms with Crippen LogP contribution in [-0.4, -0.2) is 20.7 Å². The number of aryl methyl sites for hydroxylation is 1. The molecule has 0 unspecified atom stereocenters. The third-order valence-electron chi connectivity index (χ3n) is 4.69. The van der Waals surface area contributed by atoms with Crippen molar-refractivity contribution >= 4 is 45.8 Å². The molecule has 152 valence electrons. The molecule has 5 nitrogen and oxygen atoms in total. The van der Waals surface area contributed by atoms with Gasteiger partial charge in [-0.2, -0.15) is 18.3 Å². The first-order valence-corrected chi connectivity index (χ1v) is 9.59. The van der Waals surface area contributed by atoms with Crippen molar-refractivity contribution in [3.63, 3.8) is 0 Å². The highest BCUT2D eigenvalue weighted by molar-refractivity contribution is 6.42. The van der Waals surface area contributed by atoms with Crippen LogP contribution in [0.4, 0.5) is 18.9 Å². The Morgan fingerprint density at radius 3 is 2.59 bits per heavy atom. The van der Waals surface area contributed by atoms with Crippen molar-refractivity contribution in [2.24, 2.45) is 0 Å². The third kappa shape index (κ3) is 4.04. The molecular weight excluding hydrogens is 428 g/mol. The Morgan fingerprint density at radius 2 is 1.97 bits per heavy atom. The molecule has 0 atom stereocenters. The van der Waals surface area contributed by atoms with Crippen LogP contribution < -0.4 is 5.32 Å². The molecule has 1 aliphatic rings. The van der Waals surface area contributed by atoms with Crippen molar-refractivity contribution in [3.05, 3.63) is 51.3 Å². The number of carbonyl (C=O) groups excluding carboxylic acids is 1. The van der Waals surface area contributed by atoms with Crippen LogP contribution in [-0.2, 0) is 17.5 Å². The van der Waals surface area contributed by atoms with E-state index < -0.39 is 17.6 Å². The van der Waals surface area contributed by atoms with Crippen molar-refractivity contribution in [1.29, 1.82) is 0 Å². The number of benzene rings is 1. The fraction of sp³-hybridized carbons (Fsp3) is 0.316. The Morgan fingerprint density at radius 1 is 1.24 bits per heavy atom. The number of hydrogen-bond donors (Lipinski definition) is 1. The molecule has 1 aliphatic carbocycles. The van der Waals surface area contributed by atoms with Gasteiger partial charge in [-0.3, -0.25) is 4.79 Å². The second-order valence-electron chi connectivity index (χ2n) is 6.99. The van der Waals surface area contributed by atoms with Gasteiger partial charge in [-0.05, 0) is 44.0 Å². The summed E-state index contributed by atoms with van der Waals surface area (Å²) < 4.78 is 42.1. The first-order chi connectivity index (χ1) is 13.6. The van der Waals surface area contributed by atoms with Gasteiger partial charge in [0.2, 0.25) is 5.91 Å². The highest BCUT2D eigenvalue weighted by Crippen LogP contribution is 2.43. The normalized spacial score (nSPS) is 14.4. The van der Waals surface area contributed by atoms with Gasteiger partial charge in [0.05, 0.1) is 26.7 Å². The van der Waals surface area contributed by atoms with Crippen LogP contribution in [0, 0.1) is 6.92 Å². The Hall–Kier alpha value is -2.32. The van der Waals surface area contributed by atoms with Gasteiger partial charge < -0.3 is 5.32 Å². The molecule has 0 radical (unpaired) electrons. The molecule has 1 fully saturated rings. The number of anilines is 1. The number of fused-ring (bicyclic) bond motifs is 1. The highest BCUT2D eigenvalue weighted by Gasteiger charge is 2.37. The minimum Gasteiger partial charge on any atom is -0.324 e. The molecule has 10 heteroatoms. The molecule has 1 aromatic carbocycles. The monoisotopic (exact) mass is 442 g/mol. The fourth-order valence-electron chi connectivity index (χ4n) is 3.21. The molecule has 2 heterocycles. The van der Waals surface area contributed by atoms with Crippen LogP contribution >= 0.6 is 23.2 Å². The molecular formula is C19H15Cl2F3N4O.